The van der Waals surface area contributed by atoms with Crippen LogP contribution in [0.25, 0.3) is 0 Å². The van der Waals surface area contributed by atoms with Crippen LogP contribution in [0, 0.1) is 0 Å². The Balaban J connectivity index is 1.81. The van der Waals surface area contributed by atoms with Crippen LogP contribution >= 0.6 is 0 Å². The maximum absolute atomic E-state index is 13.0. The number of aliphatic hydroxyl groups excluding tert-OH is 1. The second-order valence-electron chi connectivity index (χ2n) is 6.21. The first kappa shape index (κ1) is 13.5. The van der Waals surface area contributed by atoms with Crippen LogP contribution in [-0.2, 0) is 0 Å². The molecule has 2 aromatic carbocycles. The van der Waals surface area contributed by atoms with Crippen LogP contribution in [0.3, 0.4) is 0 Å². The van der Waals surface area contributed by atoms with Crippen LogP contribution in [0.1, 0.15) is 20.7 Å². The molecule has 0 saturated carbocycles. The van der Waals surface area contributed by atoms with Crippen LogP contribution < -0.4 is 9.80 Å². The van der Waals surface area contributed by atoms with E-state index < -0.39 is 0 Å². The summed E-state index contributed by atoms with van der Waals surface area (Å²) in [6, 6.07) is 14.4. The molecule has 1 unspecified atom stereocenters. The smallest absolute Gasteiger partial charge is 0.213 e. The number of aliphatic hydroxyl groups is 1. The highest BCUT2D eigenvalue weighted by Crippen LogP contribution is 2.46. The van der Waals surface area contributed by atoms with Gasteiger partial charge in [0.2, 0.25) is 11.6 Å². The van der Waals surface area contributed by atoms with Gasteiger partial charge in [0.1, 0.15) is 11.4 Å². The highest BCUT2D eigenvalue weighted by molar-refractivity contribution is 6.28. The summed E-state index contributed by atoms with van der Waals surface area (Å²) in [5.74, 6) is -0.270. The summed E-state index contributed by atoms with van der Waals surface area (Å²) in [6.45, 7) is 0.380. The number of nitrogens with zero attached hydrogens (tertiary/aromatic N) is 2. The van der Waals surface area contributed by atoms with Crippen LogP contribution in [0.15, 0.2) is 59.9 Å². The van der Waals surface area contributed by atoms with Gasteiger partial charge in [-0.05, 0) is 24.3 Å². The van der Waals surface area contributed by atoms with Gasteiger partial charge in [0.05, 0.1) is 24.0 Å². The number of hydrogen-bond acceptors (Lipinski definition) is 5. The first-order valence-electron chi connectivity index (χ1n) is 7.91. The molecule has 3 aliphatic rings. The average Bonchev–Trinajstić information content (AvgIpc) is 3.08. The van der Waals surface area contributed by atoms with Crippen LogP contribution in [0.5, 0.6) is 0 Å². The van der Waals surface area contributed by atoms with Crippen molar-refractivity contribution >= 4 is 22.9 Å². The zero-order chi connectivity index (χ0) is 16.4. The number of fused-ring (bicyclic) bond motifs is 6. The predicted molar refractivity (Wildman–Crippen MR) is 89.3 cm³/mol. The van der Waals surface area contributed by atoms with E-state index in [1.807, 2.05) is 46.2 Å². The Bertz CT molecular complexity index is 947. The van der Waals surface area contributed by atoms with E-state index in [1.165, 1.54) is 0 Å². The Morgan fingerprint density at radius 2 is 1.46 bits per heavy atom. The molecule has 1 N–H and O–H groups in total. The van der Waals surface area contributed by atoms with Crippen molar-refractivity contribution in [2.75, 3.05) is 23.0 Å². The monoisotopic (exact) mass is 318 g/mol. The fourth-order valence-electron chi connectivity index (χ4n) is 3.96. The van der Waals surface area contributed by atoms with Crippen molar-refractivity contribution in [1.29, 1.82) is 0 Å². The third kappa shape index (κ3) is 1.47. The number of ketones is 2. The SMILES string of the molecule is O=C1C2=C3C(=O)c4ccccc4N3C(CO)CN2c2ccccc21. The number of benzene rings is 2. The summed E-state index contributed by atoms with van der Waals surface area (Å²) >= 11 is 0. The van der Waals surface area contributed by atoms with Gasteiger partial charge in [0.25, 0.3) is 0 Å². The van der Waals surface area contributed by atoms with Gasteiger partial charge in [-0.2, -0.15) is 0 Å². The fraction of sp³-hybridized carbons (Fsp3) is 0.158. The van der Waals surface area contributed by atoms with Crippen molar-refractivity contribution < 1.29 is 14.7 Å². The Morgan fingerprint density at radius 3 is 2.17 bits per heavy atom. The fourth-order valence-corrected chi connectivity index (χ4v) is 3.96. The van der Waals surface area contributed by atoms with E-state index in [9.17, 15) is 14.7 Å². The highest BCUT2D eigenvalue weighted by Gasteiger charge is 2.48. The molecule has 0 aromatic heterocycles. The first-order chi connectivity index (χ1) is 11.7. The lowest BCUT2D eigenvalue weighted by Gasteiger charge is -2.39. The number of para-hydroxylation sites is 2. The molecule has 0 radical (unpaired) electrons. The molecule has 0 aliphatic carbocycles. The molecule has 0 spiro atoms. The maximum atomic E-state index is 13.0. The lowest BCUT2D eigenvalue weighted by Crippen LogP contribution is -2.50. The molecule has 0 bridgehead atoms. The number of carbonyl (C=O) groups is 2. The quantitative estimate of drug-likeness (QED) is 0.871. The number of carbonyl (C=O) groups excluding carboxylic acids is 2. The van der Waals surface area contributed by atoms with Gasteiger partial charge >= 0.3 is 0 Å². The molecule has 5 heteroatoms. The number of anilines is 2. The maximum Gasteiger partial charge on any atom is 0.213 e. The third-order valence-corrected chi connectivity index (χ3v) is 4.98. The minimum Gasteiger partial charge on any atom is -0.394 e. The van der Waals surface area contributed by atoms with Gasteiger partial charge in [-0.3, -0.25) is 9.59 Å². The highest BCUT2D eigenvalue weighted by atomic mass is 16.3. The molecule has 1 atom stereocenters. The number of allylic oxidation sites excluding steroid dienone is 2. The predicted octanol–water partition coefficient (Wildman–Crippen LogP) is 1.98. The van der Waals surface area contributed by atoms with Gasteiger partial charge in [0.15, 0.2) is 0 Å². The Morgan fingerprint density at radius 1 is 0.875 bits per heavy atom. The van der Waals surface area contributed by atoms with Gasteiger partial charge in [-0.15, -0.1) is 0 Å². The average molecular weight is 318 g/mol. The molecule has 118 valence electrons. The van der Waals surface area contributed by atoms with E-state index in [2.05, 4.69) is 0 Å². The van der Waals surface area contributed by atoms with Crippen molar-refractivity contribution in [3.05, 3.63) is 71.1 Å². The molecule has 2 aromatic rings. The van der Waals surface area contributed by atoms with Gasteiger partial charge < -0.3 is 14.9 Å². The van der Waals surface area contributed by atoms with E-state index in [1.54, 1.807) is 12.1 Å². The molecule has 0 fully saturated rings. The number of rotatable bonds is 1. The molecule has 5 nitrogen and oxygen atoms in total. The van der Waals surface area contributed by atoms with Crippen molar-refractivity contribution in [3.63, 3.8) is 0 Å². The summed E-state index contributed by atoms with van der Waals surface area (Å²) in [5, 5.41) is 9.90. The Hall–Kier alpha value is -2.92. The lowest BCUT2D eigenvalue weighted by molar-refractivity contribution is 0.0999. The molecule has 0 saturated heterocycles. The van der Waals surface area contributed by atoms with Gasteiger partial charge in [-0.1, -0.05) is 24.3 Å². The van der Waals surface area contributed by atoms with Crippen molar-refractivity contribution in [2.45, 2.75) is 6.04 Å². The molecule has 24 heavy (non-hydrogen) atoms. The summed E-state index contributed by atoms with van der Waals surface area (Å²) in [4.78, 5) is 29.6. The standard InChI is InChI=1S/C19H14N2O3/c22-10-11-9-20-14-7-3-1-5-12(14)18(23)16(20)17-19(24)13-6-2-4-8-15(13)21(11)17/h1-8,11,22H,9-10H2. The first-order valence-corrected chi connectivity index (χ1v) is 7.91. The Labute approximate surface area is 138 Å². The summed E-state index contributed by atoms with van der Waals surface area (Å²) in [7, 11) is 0. The van der Waals surface area contributed by atoms with Crippen molar-refractivity contribution in [2.24, 2.45) is 0 Å². The largest absolute Gasteiger partial charge is 0.394 e. The summed E-state index contributed by atoms with van der Waals surface area (Å²) in [5.41, 5.74) is 3.61. The number of hydrogen-bond donors (Lipinski definition) is 1. The van der Waals surface area contributed by atoms with Crippen LogP contribution in [0.4, 0.5) is 11.4 Å². The zero-order valence-corrected chi connectivity index (χ0v) is 12.8. The zero-order valence-electron chi connectivity index (χ0n) is 12.8. The second-order valence-corrected chi connectivity index (χ2v) is 6.21. The molecular formula is C19H14N2O3. The number of Topliss-reactive ketones (excluding diaryl/α,β-unsaturated/α-hetero) is 2. The second kappa shape index (κ2) is 4.55. The van der Waals surface area contributed by atoms with Gasteiger partial charge in [0, 0.05) is 17.7 Å². The van der Waals surface area contributed by atoms with Crippen molar-refractivity contribution in [3.8, 4) is 0 Å². The van der Waals surface area contributed by atoms with E-state index in [0.29, 0.717) is 29.1 Å². The summed E-state index contributed by atoms with van der Waals surface area (Å²) < 4.78 is 0. The van der Waals surface area contributed by atoms with E-state index in [0.717, 1.165) is 11.4 Å². The third-order valence-electron chi connectivity index (χ3n) is 4.98. The Kier molecular flexibility index (Phi) is 2.56. The van der Waals surface area contributed by atoms with Gasteiger partial charge in [-0.25, -0.2) is 0 Å². The van der Waals surface area contributed by atoms with Crippen LogP contribution in [-0.4, -0.2) is 35.9 Å². The van der Waals surface area contributed by atoms with E-state index in [4.69, 9.17) is 0 Å². The molecule has 3 heterocycles. The normalized spacial score (nSPS) is 21.0. The minimum absolute atomic E-state index is 0.0920. The topological polar surface area (TPSA) is 60.9 Å². The van der Waals surface area contributed by atoms with Crippen LogP contribution in [0.2, 0.25) is 0 Å². The van der Waals surface area contributed by atoms with E-state index in [-0.39, 0.29) is 24.2 Å². The molecule has 5 rings (SSSR count). The molecule has 3 aliphatic heterocycles. The molecule has 0 amide bonds. The van der Waals surface area contributed by atoms with E-state index >= 15 is 0 Å². The summed E-state index contributed by atoms with van der Waals surface area (Å²) in [6.07, 6.45) is 0. The van der Waals surface area contributed by atoms with Crippen molar-refractivity contribution in [1.82, 2.24) is 0 Å². The lowest BCUT2D eigenvalue weighted by atomic mass is 10.1. The molecular weight excluding hydrogens is 304 g/mol. The minimum atomic E-state index is -0.268.